The van der Waals surface area contributed by atoms with E-state index >= 15 is 0 Å². The van der Waals surface area contributed by atoms with E-state index in [9.17, 15) is 27.2 Å². The van der Waals surface area contributed by atoms with Crippen LogP contribution in [0.1, 0.15) is 24.4 Å². The quantitative estimate of drug-likeness (QED) is 0.369. The van der Waals surface area contributed by atoms with E-state index in [1.807, 2.05) is 0 Å². The fraction of sp³-hybridized carbons (Fsp3) is 0.200. The predicted molar refractivity (Wildman–Crippen MR) is 109 cm³/mol. The van der Waals surface area contributed by atoms with Crippen molar-refractivity contribution in [2.45, 2.75) is 26.3 Å². The second kappa shape index (κ2) is 9.86. The number of carbonyl (C=O) groups is 2. The molecule has 0 saturated heterocycles. The molecule has 174 valence electrons. The number of nitrogens with one attached hydrogen (secondary N) is 3. The van der Waals surface area contributed by atoms with Crippen LogP contribution < -0.4 is 16.2 Å². The van der Waals surface area contributed by atoms with E-state index in [0.29, 0.717) is 0 Å². The molecule has 1 aromatic heterocycles. The number of hydrogen-bond donors (Lipinski definition) is 3. The molecule has 1 unspecified atom stereocenters. The number of hydrazine groups is 1. The Balaban J connectivity index is 1.85. The molecule has 0 aliphatic carbocycles. The van der Waals surface area contributed by atoms with Gasteiger partial charge in [0.2, 0.25) is 11.7 Å². The number of halogens is 5. The lowest BCUT2D eigenvalue weighted by Crippen LogP contribution is -2.49. The Bertz CT molecular complexity index is 1200. The van der Waals surface area contributed by atoms with Crippen molar-refractivity contribution in [3.63, 3.8) is 0 Å². The Morgan fingerprint density at radius 1 is 1.09 bits per heavy atom. The van der Waals surface area contributed by atoms with Crippen LogP contribution in [-0.2, 0) is 4.79 Å². The average Bonchev–Trinajstić information content (AvgIpc) is 3.16. The smallest absolute Gasteiger partial charge is 0.333 e. The highest BCUT2D eigenvalue weighted by atomic mass is 35.5. The highest BCUT2D eigenvalue weighted by Gasteiger charge is 2.21. The number of benzene rings is 2. The molecule has 3 rings (SSSR count). The van der Waals surface area contributed by atoms with Crippen molar-refractivity contribution in [3.8, 4) is 22.5 Å². The van der Waals surface area contributed by atoms with E-state index in [-0.39, 0.29) is 39.0 Å². The van der Waals surface area contributed by atoms with Crippen LogP contribution in [0.25, 0.3) is 22.5 Å². The highest BCUT2D eigenvalue weighted by Crippen LogP contribution is 2.36. The van der Waals surface area contributed by atoms with Gasteiger partial charge in [-0.3, -0.25) is 10.2 Å². The number of aromatic nitrogens is 2. The van der Waals surface area contributed by atoms with Crippen LogP contribution in [0.15, 0.2) is 34.9 Å². The van der Waals surface area contributed by atoms with Crippen LogP contribution in [0.4, 0.5) is 22.4 Å². The highest BCUT2D eigenvalue weighted by molar-refractivity contribution is 6.31. The maximum Gasteiger partial charge on any atom is 0.333 e. The second-order valence-electron chi connectivity index (χ2n) is 6.79. The third-order valence-electron chi connectivity index (χ3n) is 4.43. The minimum atomic E-state index is -3.31. The normalized spacial score (nSPS) is 11.9. The number of hydrogen-bond acceptors (Lipinski definition) is 5. The van der Waals surface area contributed by atoms with Crippen molar-refractivity contribution < 1.29 is 31.7 Å². The molecule has 1 atom stereocenters. The van der Waals surface area contributed by atoms with Gasteiger partial charge in [0.25, 0.3) is 0 Å². The average molecular weight is 486 g/mol. The number of rotatable bonds is 5. The van der Waals surface area contributed by atoms with Gasteiger partial charge in [-0.05, 0) is 36.2 Å². The molecule has 0 saturated carbocycles. The maximum atomic E-state index is 14.9. The summed E-state index contributed by atoms with van der Waals surface area (Å²) in [7, 11) is 0. The number of carbonyl (C=O) groups excluding carboxylic acids is 2. The minimum Gasteiger partial charge on any atom is -0.339 e. The first kappa shape index (κ1) is 24.0. The number of aryl methyl sites for hydroxylation is 1. The SMILES string of the molecule is Cc1nc(-c2c(F)cc(Cl)cc2-c2ccc(C(C)NC(=O)NNC(=O)C(F)F)c(F)c2)no1. The van der Waals surface area contributed by atoms with Gasteiger partial charge in [-0.2, -0.15) is 13.8 Å². The number of alkyl halides is 2. The Morgan fingerprint density at radius 2 is 1.82 bits per heavy atom. The van der Waals surface area contributed by atoms with Crippen molar-refractivity contribution in [3.05, 3.63) is 58.4 Å². The standard InChI is InChI=1S/C20H16ClF4N5O3/c1-8(26-20(32)29-28-19(31)17(24)25)12-4-3-10(5-14(12)22)13-6-11(21)7-15(23)16(13)18-27-9(2)33-30-18/h3-8,17H,1-2H3,(H,28,31)(H2,26,29,32). The van der Waals surface area contributed by atoms with Crippen LogP contribution in [-0.4, -0.2) is 28.5 Å². The first-order valence-corrected chi connectivity index (χ1v) is 9.68. The Labute approximate surface area is 189 Å². The Hall–Kier alpha value is -3.67. The molecule has 13 heteroatoms. The van der Waals surface area contributed by atoms with Gasteiger partial charge in [-0.1, -0.05) is 28.9 Å². The van der Waals surface area contributed by atoms with E-state index in [1.165, 1.54) is 37.5 Å². The zero-order valence-electron chi connectivity index (χ0n) is 17.1. The van der Waals surface area contributed by atoms with Crippen molar-refractivity contribution >= 4 is 23.5 Å². The maximum absolute atomic E-state index is 14.9. The third-order valence-corrected chi connectivity index (χ3v) is 4.65. The van der Waals surface area contributed by atoms with Crippen LogP contribution in [0.5, 0.6) is 0 Å². The summed E-state index contributed by atoms with van der Waals surface area (Å²) in [5.74, 6) is -3.03. The molecule has 0 bridgehead atoms. The fourth-order valence-corrected chi connectivity index (χ4v) is 3.16. The fourth-order valence-electron chi connectivity index (χ4n) is 2.96. The van der Waals surface area contributed by atoms with Crippen LogP contribution in [0.3, 0.4) is 0 Å². The van der Waals surface area contributed by atoms with Gasteiger partial charge in [0.15, 0.2) is 0 Å². The van der Waals surface area contributed by atoms with Gasteiger partial charge < -0.3 is 9.84 Å². The molecule has 0 aliphatic heterocycles. The first-order chi connectivity index (χ1) is 15.6. The number of amides is 3. The lowest BCUT2D eigenvalue weighted by atomic mass is 9.96. The predicted octanol–water partition coefficient (Wildman–Crippen LogP) is 4.30. The minimum absolute atomic E-state index is 0.0357. The van der Waals surface area contributed by atoms with E-state index in [1.54, 1.807) is 5.43 Å². The molecule has 33 heavy (non-hydrogen) atoms. The number of urea groups is 1. The molecule has 0 aliphatic rings. The van der Waals surface area contributed by atoms with Gasteiger partial charge in [-0.25, -0.2) is 19.0 Å². The molecule has 1 heterocycles. The molecule has 3 amide bonds. The van der Waals surface area contributed by atoms with E-state index in [4.69, 9.17) is 16.1 Å². The van der Waals surface area contributed by atoms with E-state index in [2.05, 4.69) is 15.5 Å². The zero-order chi connectivity index (χ0) is 24.3. The summed E-state index contributed by atoms with van der Waals surface area (Å²) >= 11 is 5.99. The lowest BCUT2D eigenvalue weighted by Gasteiger charge is -2.17. The van der Waals surface area contributed by atoms with Gasteiger partial charge >= 0.3 is 18.4 Å². The Kier molecular flexibility index (Phi) is 7.16. The molecule has 0 spiro atoms. The van der Waals surface area contributed by atoms with Crippen LogP contribution in [0.2, 0.25) is 5.02 Å². The van der Waals surface area contributed by atoms with Gasteiger partial charge in [0.1, 0.15) is 11.6 Å². The van der Waals surface area contributed by atoms with Crippen molar-refractivity contribution in [1.82, 2.24) is 26.3 Å². The molecule has 0 fully saturated rings. The zero-order valence-corrected chi connectivity index (χ0v) is 17.8. The lowest BCUT2D eigenvalue weighted by molar-refractivity contribution is -0.132. The van der Waals surface area contributed by atoms with Gasteiger partial charge in [0.05, 0.1) is 11.6 Å². The molecule has 8 nitrogen and oxygen atoms in total. The third kappa shape index (κ3) is 5.58. The molecule has 2 aromatic carbocycles. The summed E-state index contributed by atoms with van der Waals surface area (Å²) in [6, 6.07) is 4.44. The molecule has 3 N–H and O–H groups in total. The second-order valence-corrected chi connectivity index (χ2v) is 7.23. The van der Waals surface area contributed by atoms with Gasteiger partial charge in [0, 0.05) is 17.5 Å². The molecular weight excluding hydrogens is 470 g/mol. The summed E-state index contributed by atoms with van der Waals surface area (Å²) in [5.41, 5.74) is 3.69. The van der Waals surface area contributed by atoms with E-state index in [0.717, 1.165) is 12.1 Å². The molecular formula is C20H16ClF4N5O3. The summed E-state index contributed by atoms with van der Waals surface area (Å²) in [4.78, 5) is 26.6. The van der Waals surface area contributed by atoms with E-state index < -0.39 is 36.0 Å². The molecule has 0 radical (unpaired) electrons. The van der Waals surface area contributed by atoms with Crippen LogP contribution in [0, 0.1) is 18.6 Å². The van der Waals surface area contributed by atoms with Crippen LogP contribution >= 0.6 is 11.6 Å². The van der Waals surface area contributed by atoms with Crippen molar-refractivity contribution in [1.29, 1.82) is 0 Å². The molecule has 3 aromatic rings. The largest absolute Gasteiger partial charge is 0.339 e. The monoisotopic (exact) mass is 485 g/mol. The summed E-state index contributed by atoms with van der Waals surface area (Å²) in [5, 5.41) is 6.06. The Morgan fingerprint density at radius 3 is 2.42 bits per heavy atom. The van der Waals surface area contributed by atoms with Crippen molar-refractivity contribution in [2.24, 2.45) is 0 Å². The first-order valence-electron chi connectivity index (χ1n) is 9.31. The topological polar surface area (TPSA) is 109 Å². The number of nitrogens with zero attached hydrogens (tertiary/aromatic N) is 2. The summed E-state index contributed by atoms with van der Waals surface area (Å²) < 4.78 is 58.8. The summed E-state index contributed by atoms with van der Waals surface area (Å²) in [6.07, 6.45) is -3.31. The summed E-state index contributed by atoms with van der Waals surface area (Å²) in [6.45, 7) is 2.96. The van der Waals surface area contributed by atoms with Gasteiger partial charge in [-0.15, -0.1) is 0 Å². The van der Waals surface area contributed by atoms with Crippen molar-refractivity contribution in [2.75, 3.05) is 0 Å².